The van der Waals surface area contributed by atoms with Gasteiger partial charge in [0.25, 0.3) is 10.0 Å². The first kappa shape index (κ1) is 31.9. The molecule has 0 saturated heterocycles. The molecule has 1 aliphatic carbocycles. The second kappa shape index (κ2) is 14.4. The summed E-state index contributed by atoms with van der Waals surface area (Å²) in [6.45, 7) is 3.27. The standard InChI is InChI=1S/C32H37Cl2N3O4S/c1-3-23-17-19-25(20-18-23)37(42(40,41)26-13-6-5-7-14-26)22-31(38)36(21-27-28(33)15-10-16-29(27)34)30(4-2)32(39)35-24-11-8-9-12-24/h5-7,10,13-20,24,30H,3-4,8-9,11-12,21-22H2,1-2H3,(H,35,39)/t30-/m0/s1. The Morgan fingerprint density at radius 3 is 2.10 bits per heavy atom. The van der Waals surface area contributed by atoms with Crippen LogP contribution in [0.1, 0.15) is 57.1 Å². The maximum Gasteiger partial charge on any atom is 0.264 e. The minimum Gasteiger partial charge on any atom is -0.352 e. The lowest BCUT2D eigenvalue weighted by molar-refractivity contribution is -0.140. The summed E-state index contributed by atoms with van der Waals surface area (Å²) >= 11 is 13.0. The van der Waals surface area contributed by atoms with E-state index in [1.54, 1.807) is 48.5 Å². The number of anilines is 1. The lowest BCUT2D eigenvalue weighted by atomic mass is 10.1. The highest BCUT2D eigenvalue weighted by Gasteiger charge is 2.35. The number of aryl methyl sites for hydroxylation is 1. The Hall–Kier alpha value is -3.07. The SMILES string of the molecule is CCc1ccc(N(CC(=O)N(Cc2c(Cl)cccc2Cl)[C@@H](CC)C(=O)NC2CCCC2)S(=O)(=O)c2ccccc2)cc1. The van der Waals surface area contributed by atoms with Crippen LogP contribution in [-0.2, 0) is 32.6 Å². The predicted molar refractivity (Wildman–Crippen MR) is 168 cm³/mol. The molecule has 1 N–H and O–H groups in total. The average Bonchev–Trinajstić information content (AvgIpc) is 3.50. The molecule has 2 amide bonds. The van der Waals surface area contributed by atoms with Gasteiger partial charge in [-0.05, 0) is 67.6 Å². The second-order valence-corrected chi connectivity index (χ2v) is 13.2. The Morgan fingerprint density at radius 2 is 1.52 bits per heavy atom. The van der Waals surface area contributed by atoms with Crippen LogP contribution in [0.5, 0.6) is 0 Å². The van der Waals surface area contributed by atoms with Crippen molar-refractivity contribution in [2.45, 2.75) is 75.9 Å². The fourth-order valence-corrected chi connectivity index (χ4v) is 7.24. The van der Waals surface area contributed by atoms with Crippen LogP contribution >= 0.6 is 23.2 Å². The Bertz CT molecular complexity index is 1460. The van der Waals surface area contributed by atoms with E-state index in [4.69, 9.17) is 23.2 Å². The molecular weight excluding hydrogens is 593 g/mol. The predicted octanol–water partition coefficient (Wildman–Crippen LogP) is 6.62. The molecule has 0 spiro atoms. The van der Waals surface area contributed by atoms with E-state index in [0.29, 0.717) is 27.7 Å². The van der Waals surface area contributed by atoms with Crippen LogP contribution in [0, 0.1) is 0 Å². The van der Waals surface area contributed by atoms with E-state index in [0.717, 1.165) is 42.0 Å². The van der Waals surface area contributed by atoms with Crippen molar-refractivity contribution in [2.75, 3.05) is 10.8 Å². The van der Waals surface area contributed by atoms with E-state index in [9.17, 15) is 18.0 Å². The molecule has 1 fully saturated rings. The van der Waals surface area contributed by atoms with Gasteiger partial charge in [0.1, 0.15) is 12.6 Å². The van der Waals surface area contributed by atoms with E-state index in [1.165, 1.54) is 17.0 Å². The van der Waals surface area contributed by atoms with Crippen LogP contribution in [0.2, 0.25) is 10.0 Å². The Morgan fingerprint density at radius 1 is 0.905 bits per heavy atom. The quantitative estimate of drug-likeness (QED) is 0.244. The monoisotopic (exact) mass is 629 g/mol. The van der Waals surface area contributed by atoms with Crippen LogP contribution in [0.4, 0.5) is 5.69 Å². The zero-order valence-electron chi connectivity index (χ0n) is 23.9. The van der Waals surface area contributed by atoms with Gasteiger partial charge in [-0.2, -0.15) is 0 Å². The largest absolute Gasteiger partial charge is 0.352 e. The maximum absolute atomic E-state index is 14.3. The van der Waals surface area contributed by atoms with Gasteiger partial charge in [0.2, 0.25) is 11.8 Å². The van der Waals surface area contributed by atoms with Gasteiger partial charge in [-0.25, -0.2) is 8.42 Å². The molecule has 224 valence electrons. The van der Waals surface area contributed by atoms with Crippen LogP contribution in [-0.4, -0.2) is 43.8 Å². The number of sulfonamides is 1. The highest BCUT2D eigenvalue weighted by Crippen LogP contribution is 2.29. The number of carbonyl (C=O) groups excluding carboxylic acids is 2. The molecule has 42 heavy (non-hydrogen) atoms. The summed E-state index contributed by atoms with van der Waals surface area (Å²) in [6, 6.07) is 19.4. The van der Waals surface area contributed by atoms with Gasteiger partial charge in [0.05, 0.1) is 10.6 Å². The molecule has 7 nitrogen and oxygen atoms in total. The third-order valence-corrected chi connectivity index (χ3v) is 10.2. The molecular formula is C32H37Cl2N3O4S. The fraction of sp³-hybridized carbons (Fsp3) is 0.375. The van der Waals surface area contributed by atoms with Crippen molar-refractivity contribution in [3.8, 4) is 0 Å². The van der Waals surface area contributed by atoms with E-state index >= 15 is 0 Å². The van der Waals surface area contributed by atoms with Crippen molar-refractivity contribution in [2.24, 2.45) is 0 Å². The summed E-state index contributed by atoms with van der Waals surface area (Å²) in [5, 5.41) is 3.82. The summed E-state index contributed by atoms with van der Waals surface area (Å²) in [6.07, 6.45) is 4.98. The number of amides is 2. The fourth-order valence-electron chi connectivity index (χ4n) is 5.29. The van der Waals surface area contributed by atoms with Crippen LogP contribution in [0.25, 0.3) is 0 Å². The van der Waals surface area contributed by atoms with Gasteiger partial charge in [0, 0.05) is 28.2 Å². The van der Waals surface area contributed by atoms with Crippen molar-refractivity contribution in [1.82, 2.24) is 10.2 Å². The third kappa shape index (κ3) is 7.46. The summed E-state index contributed by atoms with van der Waals surface area (Å²) in [5.74, 6) is -0.816. The lowest BCUT2D eigenvalue weighted by Crippen LogP contribution is -2.53. The normalized spacial score (nSPS) is 14.4. The second-order valence-electron chi connectivity index (χ2n) is 10.5. The number of halogens is 2. The summed E-state index contributed by atoms with van der Waals surface area (Å²) in [5.41, 5.74) is 1.88. The Balaban J connectivity index is 1.74. The molecule has 0 aliphatic heterocycles. The first-order chi connectivity index (χ1) is 20.1. The number of benzene rings is 3. The Kier molecular flexibility index (Phi) is 10.9. The molecule has 0 unspecified atom stereocenters. The van der Waals surface area contributed by atoms with Crippen molar-refractivity contribution < 1.29 is 18.0 Å². The summed E-state index contributed by atoms with van der Waals surface area (Å²) in [7, 11) is -4.13. The topological polar surface area (TPSA) is 86.8 Å². The van der Waals surface area contributed by atoms with Crippen molar-refractivity contribution in [3.05, 3.63) is 94.0 Å². The average molecular weight is 631 g/mol. The van der Waals surface area contributed by atoms with E-state index < -0.39 is 28.5 Å². The number of hydrogen-bond acceptors (Lipinski definition) is 4. The molecule has 0 radical (unpaired) electrons. The van der Waals surface area contributed by atoms with Crippen molar-refractivity contribution in [3.63, 3.8) is 0 Å². The summed E-state index contributed by atoms with van der Waals surface area (Å²) < 4.78 is 29.0. The number of nitrogens with zero attached hydrogens (tertiary/aromatic N) is 2. The van der Waals surface area contributed by atoms with Gasteiger partial charge >= 0.3 is 0 Å². The van der Waals surface area contributed by atoms with E-state index in [2.05, 4.69) is 5.32 Å². The molecule has 1 atom stereocenters. The maximum atomic E-state index is 14.3. The van der Waals surface area contributed by atoms with Crippen molar-refractivity contribution >= 4 is 50.7 Å². The summed E-state index contributed by atoms with van der Waals surface area (Å²) in [4.78, 5) is 29.3. The minimum absolute atomic E-state index is 0.0536. The first-order valence-corrected chi connectivity index (χ1v) is 16.5. The first-order valence-electron chi connectivity index (χ1n) is 14.3. The number of rotatable bonds is 12. The number of nitrogens with one attached hydrogen (secondary N) is 1. The van der Waals surface area contributed by atoms with Gasteiger partial charge < -0.3 is 10.2 Å². The molecule has 0 heterocycles. The highest BCUT2D eigenvalue weighted by molar-refractivity contribution is 7.92. The van der Waals surface area contributed by atoms with Crippen LogP contribution in [0.3, 0.4) is 0 Å². The molecule has 0 bridgehead atoms. The molecule has 3 aromatic carbocycles. The van der Waals surface area contributed by atoms with E-state index in [1.807, 2.05) is 26.0 Å². The minimum atomic E-state index is -4.13. The Labute approximate surface area is 258 Å². The zero-order valence-corrected chi connectivity index (χ0v) is 26.3. The van der Waals surface area contributed by atoms with E-state index in [-0.39, 0.29) is 23.4 Å². The molecule has 3 aromatic rings. The van der Waals surface area contributed by atoms with Gasteiger partial charge in [-0.1, -0.05) is 86.3 Å². The third-order valence-electron chi connectivity index (χ3n) is 7.72. The van der Waals surface area contributed by atoms with Crippen LogP contribution < -0.4 is 9.62 Å². The molecule has 4 rings (SSSR count). The van der Waals surface area contributed by atoms with Crippen molar-refractivity contribution in [1.29, 1.82) is 0 Å². The molecule has 1 saturated carbocycles. The van der Waals surface area contributed by atoms with Gasteiger partial charge in [-0.3, -0.25) is 13.9 Å². The van der Waals surface area contributed by atoms with Gasteiger partial charge in [-0.15, -0.1) is 0 Å². The number of carbonyl (C=O) groups is 2. The highest BCUT2D eigenvalue weighted by atomic mass is 35.5. The van der Waals surface area contributed by atoms with Crippen LogP contribution in [0.15, 0.2) is 77.7 Å². The zero-order chi connectivity index (χ0) is 30.3. The lowest BCUT2D eigenvalue weighted by Gasteiger charge is -2.34. The molecule has 0 aromatic heterocycles. The molecule has 1 aliphatic rings. The molecule has 10 heteroatoms. The number of hydrogen-bond donors (Lipinski definition) is 1. The smallest absolute Gasteiger partial charge is 0.264 e. The van der Waals surface area contributed by atoms with Gasteiger partial charge in [0.15, 0.2) is 0 Å².